The lowest BCUT2D eigenvalue weighted by Crippen LogP contribution is -2.45. The Bertz CT molecular complexity index is 507. The Morgan fingerprint density at radius 3 is 2.84 bits per heavy atom. The first-order valence-corrected chi connectivity index (χ1v) is 7.21. The van der Waals surface area contributed by atoms with E-state index in [1.807, 2.05) is 11.8 Å². The van der Waals surface area contributed by atoms with Gasteiger partial charge in [-0.2, -0.15) is 11.8 Å². The summed E-state index contributed by atoms with van der Waals surface area (Å²) in [5, 5.41) is 11.6. The van der Waals surface area contributed by atoms with Crippen molar-refractivity contribution in [3.05, 3.63) is 33.9 Å². The minimum Gasteiger partial charge on any atom is -0.361 e. The fraction of sp³-hybridized carbons (Fsp3) is 0.462. The Morgan fingerprint density at radius 2 is 2.21 bits per heavy atom. The van der Waals surface area contributed by atoms with Crippen LogP contribution in [0.15, 0.2) is 18.2 Å². The summed E-state index contributed by atoms with van der Waals surface area (Å²) in [4.78, 5) is 23.6. The van der Waals surface area contributed by atoms with E-state index in [0.717, 1.165) is 12.3 Å². The molecule has 2 rings (SSSR count). The molecule has 19 heavy (non-hydrogen) atoms. The van der Waals surface area contributed by atoms with Gasteiger partial charge in [0.25, 0.3) is 5.69 Å². The van der Waals surface area contributed by atoms with Gasteiger partial charge in [-0.15, -0.1) is 0 Å². The van der Waals surface area contributed by atoms with Crippen LogP contribution >= 0.6 is 11.8 Å². The van der Waals surface area contributed by atoms with Crippen LogP contribution in [-0.2, 0) is 0 Å². The smallest absolute Gasteiger partial charge is 0.293 e. The van der Waals surface area contributed by atoms with Gasteiger partial charge in [-0.3, -0.25) is 14.9 Å². The summed E-state index contributed by atoms with van der Waals surface area (Å²) in [7, 11) is 0. The number of anilines is 1. The second kappa shape index (κ2) is 5.61. The van der Waals surface area contributed by atoms with Gasteiger partial charge in [-0.05, 0) is 19.1 Å². The van der Waals surface area contributed by atoms with Gasteiger partial charge in [0.05, 0.1) is 4.92 Å². The van der Waals surface area contributed by atoms with Gasteiger partial charge in [0.15, 0.2) is 0 Å². The lowest BCUT2D eigenvalue weighted by atomic mass is 10.1. The number of nitro groups is 1. The summed E-state index contributed by atoms with van der Waals surface area (Å²) < 4.78 is 0. The maximum atomic E-state index is 11.2. The predicted octanol–water partition coefficient (Wildman–Crippen LogP) is 2.74. The zero-order chi connectivity index (χ0) is 14.0. The van der Waals surface area contributed by atoms with Crippen LogP contribution < -0.4 is 4.90 Å². The number of carbonyl (C=O) groups excluding carboxylic acids is 1. The van der Waals surface area contributed by atoms with Crippen molar-refractivity contribution in [2.75, 3.05) is 17.2 Å². The summed E-state index contributed by atoms with van der Waals surface area (Å²) in [6.07, 6.45) is 0.634. The Labute approximate surface area is 116 Å². The molecule has 0 spiro atoms. The third kappa shape index (κ3) is 2.73. The molecule has 1 aliphatic rings. The summed E-state index contributed by atoms with van der Waals surface area (Å²) in [5.74, 6) is 0.956. The zero-order valence-electron chi connectivity index (χ0n) is 10.9. The Hall–Kier alpha value is -1.56. The summed E-state index contributed by atoms with van der Waals surface area (Å²) in [6.45, 7) is 5.00. The van der Waals surface area contributed by atoms with E-state index in [2.05, 4.69) is 18.7 Å². The van der Waals surface area contributed by atoms with Crippen molar-refractivity contribution in [3.8, 4) is 0 Å². The molecule has 1 aromatic rings. The fourth-order valence-corrected chi connectivity index (χ4v) is 3.38. The largest absolute Gasteiger partial charge is 0.361 e. The van der Waals surface area contributed by atoms with Gasteiger partial charge < -0.3 is 4.90 Å². The quantitative estimate of drug-likeness (QED) is 0.484. The van der Waals surface area contributed by atoms with E-state index in [1.165, 1.54) is 6.07 Å². The summed E-state index contributed by atoms with van der Waals surface area (Å²) in [6, 6.07) is 4.90. The molecule has 0 amide bonds. The van der Waals surface area contributed by atoms with Crippen LogP contribution in [0.2, 0.25) is 0 Å². The molecule has 0 radical (unpaired) electrons. The Kier molecular flexibility index (Phi) is 4.09. The lowest BCUT2D eigenvalue weighted by molar-refractivity contribution is -0.384. The molecule has 0 N–H and O–H groups in total. The van der Waals surface area contributed by atoms with Crippen molar-refractivity contribution in [2.24, 2.45) is 0 Å². The second-order valence-electron chi connectivity index (χ2n) is 4.63. The van der Waals surface area contributed by atoms with Gasteiger partial charge in [-0.25, -0.2) is 0 Å². The molecule has 1 aliphatic heterocycles. The van der Waals surface area contributed by atoms with Gasteiger partial charge in [-0.1, -0.05) is 6.92 Å². The lowest BCUT2D eigenvalue weighted by Gasteiger charge is -2.38. The first-order valence-electron chi connectivity index (χ1n) is 6.16. The molecule has 1 aromatic carbocycles. The highest BCUT2D eigenvalue weighted by Crippen LogP contribution is 2.35. The van der Waals surface area contributed by atoms with E-state index < -0.39 is 4.92 Å². The van der Waals surface area contributed by atoms with E-state index in [9.17, 15) is 14.9 Å². The molecule has 1 fully saturated rings. The van der Waals surface area contributed by atoms with Crippen LogP contribution in [-0.4, -0.2) is 34.8 Å². The number of thioether (sulfide) groups is 1. The number of benzene rings is 1. The molecule has 1 saturated heterocycles. The third-order valence-electron chi connectivity index (χ3n) is 3.53. The molecule has 0 aromatic heterocycles. The van der Waals surface area contributed by atoms with E-state index in [0.29, 0.717) is 22.8 Å². The number of hydrogen-bond acceptors (Lipinski definition) is 5. The summed E-state index contributed by atoms with van der Waals surface area (Å²) in [5.41, 5.74) is 0.952. The molecule has 0 aliphatic carbocycles. The SMILES string of the molecule is CC1SCCN(c2ccc(C=O)cc2[N+](=O)[O-])C1C. The first kappa shape index (κ1) is 13.9. The molecule has 6 heteroatoms. The standard InChI is InChI=1S/C13H16N2O3S/c1-9-10(2)19-6-5-14(9)12-4-3-11(8-16)7-13(12)15(17)18/h3-4,7-10H,5-6H2,1-2H3. The van der Waals surface area contributed by atoms with E-state index in [-0.39, 0.29) is 11.7 Å². The van der Waals surface area contributed by atoms with Crippen molar-refractivity contribution in [1.82, 2.24) is 0 Å². The van der Waals surface area contributed by atoms with Crippen LogP contribution in [0.5, 0.6) is 0 Å². The zero-order valence-corrected chi connectivity index (χ0v) is 11.7. The van der Waals surface area contributed by atoms with E-state index in [4.69, 9.17) is 0 Å². The molecule has 2 unspecified atom stereocenters. The molecular formula is C13H16N2O3S. The van der Waals surface area contributed by atoms with Gasteiger partial charge >= 0.3 is 0 Å². The highest BCUT2D eigenvalue weighted by molar-refractivity contribution is 8.00. The summed E-state index contributed by atoms with van der Waals surface area (Å²) >= 11 is 1.88. The Balaban J connectivity index is 2.43. The monoisotopic (exact) mass is 280 g/mol. The molecule has 5 nitrogen and oxygen atoms in total. The molecule has 1 heterocycles. The number of aldehydes is 1. The molecular weight excluding hydrogens is 264 g/mol. The van der Waals surface area contributed by atoms with Crippen LogP contribution in [0.3, 0.4) is 0 Å². The maximum Gasteiger partial charge on any atom is 0.293 e. The predicted molar refractivity (Wildman–Crippen MR) is 77.2 cm³/mol. The van der Waals surface area contributed by atoms with Crippen molar-refractivity contribution in [2.45, 2.75) is 25.1 Å². The van der Waals surface area contributed by atoms with Crippen LogP contribution in [0.4, 0.5) is 11.4 Å². The highest BCUT2D eigenvalue weighted by Gasteiger charge is 2.29. The van der Waals surface area contributed by atoms with Gasteiger partial charge in [0.1, 0.15) is 12.0 Å². The molecule has 0 saturated carbocycles. The van der Waals surface area contributed by atoms with Crippen LogP contribution in [0.1, 0.15) is 24.2 Å². The van der Waals surface area contributed by atoms with Crippen molar-refractivity contribution in [1.29, 1.82) is 0 Å². The Morgan fingerprint density at radius 1 is 1.47 bits per heavy atom. The second-order valence-corrected chi connectivity index (χ2v) is 6.12. The van der Waals surface area contributed by atoms with Crippen molar-refractivity contribution in [3.63, 3.8) is 0 Å². The maximum absolute atomic E-state index is 11.2. The number of hydrogen-bond donors (Lipinski definition) is 0. The molecule has 2 atom stereocenters. The molecule has 102 valence electrons. The van der Waals surface area contributed by atoms with Crippen LogP contribution in [0, 0.1) is 10.1 Å². The topological polar surface area (TPSA) is 63.5 Å². The minimum absolute atomic E-state index is 0.00977. The van der Waals surface area contributed by atoms with Crippen molar-refractivity contribution >= 4 is 29.4 Å². The fourth-order valence-electron chi connectivity index (χ4n) is 2.28. The van der Waals surface area contributed by atoms with E-state index in [1.54, 1.807) is 12.1 Å². The first-order chi connectivity index (χ1) is 9.04. The average molecular weight is 280 g/mol. The number of nitrogens with zero attached hydrogens (tertiary/aromatic N) is 2. The van der Waals surface area contributed by atoms with Crippen LogP contribution in [0.25, 0.3) is 0 Å². The highest BCUT2D eigenvalue weighted by atomic mass is 32.2. The average Bonchev–Trinajstić information content (AvgIpc) is 2.41. The van der Waals surface area contributed by atoms with Gasteiger partial charge in [0, 0.05) is 35.2 Å². The normalized spacial score (nSPS) is 23.2. The third-order valence-corrected chi connectivity index (χ3v) is 4.86. The minimum atomic E-state index is -0.415. The number of nitro benzene ring substituents is 1. The van der Waals surface area contributed by atoms with E-state index >= 15 is 0 Å². The molecule has 0 bridgehead atoms. The van der Waals surface area contributed by atoms with Gasteiger partial charge in [0.2, 0.25) is 0 Å². The number of carbonyl (C=O) groups is 1. The number of rotatable bonds is 3. The van der Waals surface area contributed by atoms with Crippen molar-refractivity contribution < 1.29 is 9.72 Å².